The van der Waals surface area contributed by atoms with E-state index in [1.165, 1.54) is 24.2 Å². The van der Waals surface area contributed by atoms with Crippen LogP contribution in [0.1, 0.15) is 12.8 Å². The van der Waals surface area contributed by atoms with Crippen molar-refractivity contribution in [2.75, 3.05) is 5.32 Å². The number of thiazole rings is 1. The second kappa shape index (κ2) is 2.12. The number of aromatic hydroxyl groups is 1. The van der Waals surface area contributed by atoms with E-state index >= 15 is 0 Å². The van der Waals surface area contributed by atoms with Crippen LogP contribution < -0.4 is 5.32 Å². The maximum Gasteiger partial charge on any atom is 0.223 e. The van der Waals surface area contributed by atoms with Crippen LogP contribution in [0.3, 0.4) is 0 Å². The van der Waals surface area contributed by atoms with E-state index < -0.39 is 0 Å². The highest BCUT2D eigenvalue weighted by Gasteiger charge is 2.21. The molecule has 0 spiro atoms. The maximum atomic E-state index is 8.85. The average molecular weight is 156 g/mol. The van der Waals surface area contributed by atoms with Gasteiger partial charge in [-0.15, -0.1) is 11.3 Å². The van der Waals surface area contributed by atoms with Crippen LogP contribution in [0.15, 0.2) is 5.38 Å². The molecule has 1 fully saturated rings. The number of nitrogens with zero attached hydrogens (tertiary/aromatic N) is 1. The lowest BCUT2D eigenvalue weighted by Gasteiger charge is -1.94. The van der Waals surface area contributed by atoms with Crippen molar-refractivity contribution in [3.8, 4) is 5.88 Å². The normalized spacial score (nSPS) is 17.2. The molecule has 0 amide bonds. The predicted molar refractivity (Wildman–Crippen MR) is 40.4 cm³/mol. The highest BCUT2D eigenvalue weighted by Crippen LogP contribution is 2.27. The van der Waals surface area contributed by atoms with E-state index in [1.54, 1.807) is 5.38 Å². The lowest BCUT2D eigenvalue weighted by Crippen LogP contribution is -1.99. The van der Waals surface area contributed by atoms with Gasteiger partial charge in [0.15, 0.2) is 5.13 Å². The van der Waals surface area contributed by atoms with E-state index in [0.29, 0.717) is 6.04 Å². The summed E-state index contributed by atoms with van der Waals surface area (Å²) in [5.74, 6) is 0.119. The third-order valence-electron chi connectivity index (χ3n) is 1.40. The molecule has 54 valence electrons. The third kappa shape index (κ3) is 1.21. The molecule has 1 aromatic heterocycles. The van der Waals surface area contributed by atoms with E-state index in [1.807, 2.05) is 0 Å². The fourth-order valence-corrected chi connectivity index (χ4v) is 1.38. The van der Waals surface area contributed by atoms with Crippen molar-refractivity contribution in [3.63, 3.8) is 0 Å². The van der Waals surface area contributed by atoms with Crippen LogP contribution in [0.25, 0.3) is 0 Å². The second-order valence-corrected chi connectivity index (χ2v) is 3.29. The van der Waals surface area contributed by atoms with Crippen LogP contribution in [-0.4, -0.2) is 16.1 Å². The molecule has 1 saturated carbocycles. The summed E-state index contributed by atoms with van der Waals surface area (Å²) in [5, 5.41) is 14.5. The number of hydrogen-bond donors (Lipinski definition) is 2. The van der Waals surface area contributed by atoms with Gasteiger partial charge in [-0.2, -0.15) is 4.98 Å². The van der Waals surface area contributed by atoms with Gasteiger partial charge in [0.2, 0.25) is 5.88 Å². The monoisotopic (exact) mass is 156 g/mol. The molecule has 0 bridgehead atoms. The van der Waals surface area contributed by atoms with Gasteiger partial charge < -0.3 is 10.4 Å². The molecule has 0 saturated heterocycles. The van der Waals surface area contributed by atoms with Crippen LogP contribution in [-0.2, 0) is 0 Å². The third-order valence-corrected chi connectivity index (χ3v) is 2.16. The number of rotatable bonds is 2. The fourth-order valence-electron chi connectivity index (χ4n) is 0.734. The van der Waals surface area contributed by atoms with Gasteiger partial charge >= 0.3 is 0 Å². The molecule has 4 heteroatoms. The van der Waals surface area contributed by atoms with E-state index in [2.05, 4.69) is 10.3 Å². The summed E-state index contributed by atoms with van der Waals surface area (Å²) in [6, 6.07) is 0.616. The summed E-state index contributed by atoms with van der Waals surface area (Å²) in [6.07, 6.45) is 2.47. The molecule has 2 rings (SSSR count). The zero-order valence-electron chi connectivity index (χ0n) is 5.37. The summed E-state index contributed by atoms with van der Waals surface area (Å²) < 4.78 is 0. The molecule has 2 N–H and O–H groups in total. The second-order valence-electron chi connectivity index (χ2n) is 2.43. The average Bonchev–Trinajstić information content (AvgIpc) is 2.59. The first-order chi connectivity index (χ1) is 4.84. The number of aromatic nitrogens is 1. The van der Waals surface area contributed by atoms with Crippen LogP contribution in [0.5, 0.6) is 5.88 Å². The van der Waals surface area contributed by atoms with Crippen molar-refractivity contribution in [2.24, 2.45) is 0 Å². The fraction of sp³-hybridized carbons (Fsp3) is 0.500. The summed E-state index contributed by atoms with van der Waals surface area (Å²) >= 11 is 1.45. The Labute approximate surface area is 62.7 Å². The molecule has 1 aliphatic carbocycles. The summed E-state index contributed by atoms with van der Waals surface area (Å²) in [5.41, 5.74) is 0. The van der Waals surface area contributed by atoms with Crippen molar-refractivity contribution in [1.29, 1.82) is 0 Å². The lowest BCUT2D eigenvalue weighted by atomic mass is 10.7. The Morgan fingerprint density at radius 2 is 2.50 bits per heavy atom. The first kappa shape index (κ1) is 5.97. The van der Waals surface area contributed by atoms with Gasteiger partial charge in [-0.3, -0.25) is 0 Å². The van der Waals surface area contributed by atoms with Crippen LogP contribution in [0, 0.1) is 0 Å². The summed E-state index contributed by atoms with van der Waals surface area (Å²) in [4.78, 5) is 3.85. The van der Waals surface area contributed by atoms with E-state index in [0.717, 1.165) is 5.13 Å². The highest BCUT2D eigenvalue weighted by atomic mass is 32.1. The van der Waals surface area contributed by atoms with Crippen molar-refractivity contribution in [3.05, 3.63) is 5.38 Å². The van der Waals surface area contributed by atoms with Crippen molar-refractivity contribution in [1.82, 2.24) is 4.98 Å². The zero-order chi connectivity index (χ0) is 6.97. The van der Waals surface area contributed by atoms with Gasteiger partial charge in [0.05, 0.1) is 5.38 Å². The topological polar surface area (TPSA) is 45.1 Å². The Hall–Kier alpha value is -0.770. The number of anilines is 1. The minimum atomic E-state index is 0.119. The van der Waals surface area contributed by atoms with Crippen molar-refractivity contribution >= 4 is 16.5 Å². The minimum absolute atomic E-state index is 0.119. The van der Waals surface area contributed by atoms with Gasteiger partial charge in [0.25, 0.3) is 0 Å². The Bertz CT molecular complexity index is 231. The Kier molecular flexibility index (Phi) is 1.27. The summed E-state index contributed by atoms with van der Waals surface area (Å²) in [7, 11) is 0. The van der Waals surface area contributed by atoms with E-state index in [9.17, 15) is 0 Å². The zero-order valence-corrected chi connectivity index (χ0v) is 6.19. The van der Waals surface area contributed by atoms with Crippen LogP contribution >= 0.6 is 11.3 Å². The molecule has 1 aliphatic rings. The molecule has 1 aromatic rings. The first-order valence-electron chi connectivity index (χ1n) is 3.25. The van der Waals surface area contributed by atoms with Gasteiger partial charge in [-0.25, -0.2) is 0 Å². The first-order valence-corrected chi connectivity index (χ1v) is 4.13. The quantitative estimate of drug-likeness (QED) is 0.680. The molecule has 0 aromatic carbocycles. The molecular weight excluding hydrogens is 148 g/mol. The minimum Gasteiger partial charge on any atom is -0.493 e. The van der Waals surface area contributed by atoms with Crippen molar-refractivity contribution in [2.45, 2.75) is 18.9 Å². The number of hydrogen-bond acceptors (Lipinski definition) is 4. The molecule has 10 heavy (non-hydrogen) atoms. The van der Waals surface area contributed by atoms with E-state index in [-0.39, 0.29) is 5.88 Å². The van der Waals surface area contributed by atoms with Gasteiger partial charge in [-0.1, -0.05) is 0 Å². The van der Waals surface area contributed by atoms with Gasteiger partial charge in [0, 0.05) is 6.04 Å². The van der Waals surface area contributed by atoms with Gasteiger partial charge in [0.1, 0.15) is 0 Å². The SMILES string of the molecule is Oc1csc(NC2CC2)n1. The Morgan fingerprint density at radius 3 is 3.00 bits per heavy atom. The molecule has 0 aliphatic heterocycles. The molecule has 0 unspecified atom stereocenters. The number of nitrogens with one attached hydrogen (secondary N) is 1. The largest absolute Gasteiger partial charge is 0.493 e. The Morgan fingerprint density at radius 1 is 1.70 bits per heavy atom. The molecule has 3 nitrogen and oxygen atoms in total. The lowest BCUT2D eigenvalue weighted by molar-refractivity contribution is 0.458. The highest BCUT2D eigenvalue weighted by molar-refractivity contribution is 7.13. The molecular formula is C6H8N2OS. The smallest absolute Gasteiger partial charge is 0.223 e. The van der Waals surface area contributed by atoms with Gasteiger partial charge in [-0.05, 0) is 12.8 Å². The van der Waals surface area contributed by atoms with Crippen molar-refractivity contribution < 1.29 is 5.11 Å². The standard InChI is InChI=1S/C6H8N2OS/c9-5-3-10-6(8-5)7-4-1-2-4/h3-4,9H,1-2H2,(H,7,8). The summed E-state index contributed by atoms with van der Waals surface area (Å²) in [6.45, 7) is 0. The van der Waals surface area contributed by atoms with Crippen LogP contribution in [0.2, 0.25) is 0 Å². The predicted octanol–water partition coefficient (Wildman–Crippen LogP) is 1.42. The molecule has 0 atom stereocenters. The Balaban J connectivity index is 2.03. The maximum absolute atomic E-state index is 8.85. The molecule has 0 radical (unpaired) electrons. The molecule has 1 heterocycles. The van der Waals surface area contributed by atoms with Crippen LogP contribution in [0.4, 0.5) is 5.13 Å². The van der Waals surface area contributed by atoms with E-state index in [4.69, 9.17) is 5.11 Å².